The molecule has 0 radical (unpaired) electrons. The van der Waals surface area contributed by atoms with E-state index in [1.165, 1.54) is 0 Å². The Morgan fingerprint density at radius 1 is 1.14 bits per heavy atom. The average molecular weight is 135 g/mol. The highest BCUT2D eigenvalue weighted by molar-refractivity contribution is 8.77. The summed E-state index contributed by atoms with van der Waals surface area (Å²) in [7, 11) is 3.82. The van der Waals surface area contributed by atoms with Crippen molar-refractivity contribution in [2.24, 2.45) is 0 Å². The van der Waals surface area contributed by atoms with Crippen LogP contribution < -0.4 is 5.32 Å². The van der Waals surface area contributed by atoms with Crippen molar-refractivity contribution >= 4 is 21.6 Å². The number of hydrogen-bond acceptors (Lipinski definition) is 3. The molecule has 0 aromatic carbocycles. The molecule has 7 heavy (non-hydrogen) atoms. The van der Waals surface area contributed by atoms with Gasteiger partial charge in [0.15, 0.2) is 0 Å². The van der Waals surface area contributed by atoms with Crippen molar-refractivity contribution in [2.75, 3.05) is 0 Å². The van der Waals surface area contributed by atoms with Gasteiger partial charge < -0.3 is 0 Å². The third-order valence-corrected chi connectivity index (χ3v) is 3.84. The molecule has 1 saturated heterocycles. The molecule has 0 bridgehead atoms. The van der Waals surface area contributed by atoms with Gasteiger partial charge in [0, 0.05) is 0 Å². The van der Waals surface area contributed by atoms with Gasteiger partial charge in [0.2, 0.25) is 0 Å². The highest BCUT2D eigenvalue weighted by Crippen LogP contribution is 2.35. The summed E-state index contributed by atoms with van der Waals surface area (Å²) in [4.78, 5) is 0. The largest absolute Gasteiger partial charge is 0.293 e. The minimum atomic E-state index is 0.653. The lowest BCUT2D eigenvalue weighted by Gasteiger charge is -1.98. The molecular formula is C4H9NS2. The maximum atomic E-state index is 3.34. The van der Waals surface area contributed by atoms with Crippen molar-refractivity contribution in [1.29, 1.82) is 0 Å². The Morgan fingerprint density at radius 3 is 1.71 bits per heavy atom. The summed E-state index contributed by atoms with van der Waals surface area (Å²) in [6, 6.07) is 0. The lowest BCUT2D eigenvalue weighted by atomic mass is 10.6. The van der Waals surface area contributed by atoms with Crippen LogP contribution in [0, 0.1) is 0 Å². The zero-order valence-electron chi connectivity index (χ0n) is 4.47. The van der Waals surface area contributed by atoms with Gasteiger partial charge in [-0.3, -0.25) is 5.32 Å². The van der Waals surface area contributed by atoms with Crippen LogP contribution >= 0.6 is 21.6 Å². The SMILES string of the molecule is CC1NC(C)SS1. The summed E-state index contributed by atoms with van der Waals surface area (Å²) < 4.78 is 0. The van der Waals surface area contributed by atoms with E-state index in [1.807, 2.05) is 21.6 Å². The maximum Gasteiger partial charge on any atom is 0.0617 e. The number of hydrogen-bond donors (Lipinski definition) is 1. The molecule has 0 amide bonds. The lowest BCUT2D eigenvalue weighted by molar-refractivity contribution is 0.697. The molecule has 1 rings (SSSR count). The van der Waals surface area contributed by atoms with E-state index in [-0.39, 0.29) is 0 Å². The summed E-state index contributed by atoms with van der Waals surface area (Å²) in [5.41, 5.74) is 0. The van der Waals surface area contributed by atoms with Crippen LogP contribution in [-0.2, 0) is 0 Å². The number of nitrogens with one attached hydrogen (secondary N) is 1. The van der Waals surface area contributed by atoms with E-state index >= 15 is 0 Å². The molecule has 0 saturated carbocycles. The fourth-order valence-corrected chi connectivity index (χ4v) is 2.82. The van der Waals surface area contributed by atoms with Gasteiger partial charge in [-0.25, -0.2) is 0 Å². The molecular weight excluding hydrogens is 126 g/mol. The monoisotopic (exact) mass is 135 g/mol. The number of rotatable bonds is 0. The lowest BCUT2D eigenvalue weighted by Crippen LogP contribution is -2.21. The van der Waals surface area contributed by atoms with E-state index in [0.717, 1.165) is 0 Å². The summed E-state index contributed by atoms with van der Waals surface area (Å²) in [6.07, 6.45) is 0. The second-order valence-electron chi connectivity index (χ2n) is 1.64. The smallest absolute Gasteiger partial charge is 0.0617 e. The van der Waals surface area contributed by atoms with Crippen LogP contribution in [-0.4, -0.2) is 10.7 Å². The van der Waals surface area contributed by atoms with Gasteiger partial charge in [-0.15, -0.1) is 0 Å². The van der Waals surface area contributed by atoms with Gasteiger partial charge in [-0.1, -0.05) is 21.6 Å². The normalized spacial score (nSPS) is 42.0. The topological polar surface area (TPSA) is 12.0 Å². The highest BCUT2D eigenvalue weighted by atomic mass is 33.1. The first-order valence-electron chi connectivity index (χ1n) is 2.37. The summed E-state index contributed by atoms with van der Waals surface area (Å²) in [5, 5.41) is 4.65. The average Bonchev–Trinajstić information content (AvgIpc) is 1.87. The third-order valence-electron chi connectivity index (χ3n) is 0.814. The summed E-state index contributed by atoms with van der Waals surface area (Å²) >= 11 is 0. The first-order valence-corrected chi connectivity index (χ1v) is 4.65. The Hall–Kier alpha value is 0.660. The molecule has 0 spiro atoms. The predicted molar refractivity (Wildman–Crippen MR) is 37.2 cm³/mol. The van der Waals surface area contributed by atoms with Crippen LogP contribution in [0.4, 0.5) is 0 Å². The molecule has 2 unspecified atom stereocenters. The van der Waals surface area contributed by atoms with Crippen molar-refractivity contribution in [2.45, 2.75) is 24.6 Å². The molecule has 1 nitrogen and oxygen atoms in total. The fraction of sp³-hybridized carbons (Fsp3) is 1.00. The van der Waals surface area contributed by atoms with E-state index in [4.69, 9.17) is 0 Å². The van der Waals surface area contributed by atoms with Crippen molar-refractivity contribution in [1.82, 2.24) is 5.32 Å². The van der Waals surface area contributed by atoms with Gasteiger partial charge >= 0.3 is 0 Å². The molecule has 2 atom stereocenters. The van der Waals surface area contributed by atoms with Gasteiger partial charge in [0.1, 0.15) is 0 Å². The van der Waals surface area contributed by atoms with Crippen LogP contribution in [0.2, 0.25) is 0 Å². The minimum absolute atomic E-state index is 0.653. The molecule has 1 N–H and O–H groups in total. The first kappa shape index (κ1) is 5.79. The Labute approximate surface area is 52.0 Å². The van der Waals surface area contributed by atoms with E-state index in [0.29, 0.717) is 10.7 Å². The van der Waals surface area contributed by atoms with Crippen molar-refractivity contribution in [3.8, 4) is 0 Å². The van der Waals surface area contributed by atoms with E-state index in [1.54, 1.807) is 0 Å². The van der Waals surface area contributed by atoms with Crippen LogP contribution in [0.25, 0.3) is 0 Å². The van der Waals surface area contributed by atoms with Gasteiger partial charge in [0.25, 0.3) is 0 Å². The predicted octanol–water partition coefficient (Wildman–Crippen LogP) is 1.66. The Balaban J connectivity index is 2.26. The van der Waals surface area contributed by atoms with Gasteiger partial charge in [0.05, 0.1) is 10.7 Å². The van der Waals surface area contributed by atoms with E-state index in [9.17, 15) is 0 Å². The molecule has 42 valence electrons. The Morgan fingerprint density at radius 2 is 1.57 bits per heavy atom. The van der Waals surface area contributed by atoms with Crippen LogP contribution in [0.15, 0.2) is 0 Å². The quantitative estimate of drug-likeness (QED) is 0.507. The zero-order valence-corrected chi connectivity index (χ0v) is 6.10. The minimum Gasteiger partial charge on any atom is -0.293 e. The standard InChI is InChI=1S/C4H9NS2/c1-3-5-4(2)7-6-3/h3-5H,1-2H3. The molecule has 0 aliphatic carbocycles. The Bertz CT molecular complexity index is 58.7. The zero-order chi connectivity index (χ0) is 5.28. The van der Waals surface area contributed by atoms with E-state index < -0.39 is 0 Å². The second-order valence-corrected chi connectivity index (χ2v) is 4.60. The van der Waals surface area contributed by atoms with Gasteiger partial charge in [-0.05, 0) is 13.8 Å². The summed E-state index contributed by atoms with van der Waals surface area (Å²) in [5.74, 6) is 0. The fourth-order valence-electron chi connectivity index (χ4n) is 0.553. The molecule has 0 aromatic heterocycles. The van der Waals surface area contributed by atoms with Crippen LogP contribution in [0.1, 0.15) is 13.8 Å². The van der Waals surface area contributed by atoms with Crippen molar-refractivity contribution in [3.05, 3.63) is 0 Å². The maximum absolute atomic E-state index is 3.34. The Kier molecular flexibility index (Phi) is 1.89. The second kappa shape index (κ2) is 2.29. The first-order chi connectivity index (χ1) is 3.29. The van der Waals surface area contributed by atoms with Crippen LogP contribution in [0.5, 0.6) is 0 Å². The molecule has 1 fully saturated rings. The highest BCUT2D eigenvalue weighted by Gasteiger charge is 2.16. The van der Waals surface area contributed by atoms with Gasteiger partial charge in [-0.2, -0.15) is 0 Å². The van der Waals surface area contributed by atoms with Crippen molar-refractivity contribution in [3.63, 3.8) is 0 Å². The molecule has 1 heterocycles. The van der Waals surface area contributed by atoms with Crippen LogP contribution in [0.3, 0.4) is 0 Å². The van der Waals surface area contributed by atoms with Crippen molar-refractivity contribution < 1.29 is 0 Å². The molecule has 1 aliphatic heterocycles. The molecule has 1 aliphatic rings. The molecule has 0 aromatic rings. The third kappa shape index (κ3) is 1.55. The summed E-state index contributed by atoms with van der Waals surface area (Å²) in [6.45, 7) is 4.36. The van der Waals surface area contributed by atoms with E-state index in [2.05, 4.69) is 19.2 Å². The molecule has 3 heteroatoms.